The topological polar surface area (TPSA) is 36.4 Å². The Bertz CT molecular complexity index is 796. The third-order valence-corrected chi connectivity index (χ3v) is 6.66. The number of aryl methyl sites for hydroxylation is 1. The minimum Gasteiger partial charge on any atom is -0.338 e. The molecule has 27 heavy (non-hydrogen) atoms. The van der Waals surface area contributed by atoms with E-state index in [9.17, 15) is 9.18 Å². The Labute approximate surface area is 164 Å². The van der Waals surface area contributed by atoms with E-state index >= 15 is 0 Å². The number of hydrogen-bond donors (Lipinski definition) is 0. The van der Waals surface area contributed by atoms with Gasteiger partial charge in [0.25, 0.3) is 5.91 Å². The highest BCUT2D eigenvalue weighted by molar-refractivity contribution is 7.10. The van der Waals surface area contributed by atoms with E-state index in [1.807, 2.05) is 16.5 Å². The van der Waals surface area contributed by atoms with Crippen molar-refractivity contribution in [3.8, 4) is 0 Å². The fourth-order valence-corrected chi connectivity index (χ4v) is 5.02. The molecular formula is C21H26FN3OS. The molecular weight excluding hydrogens is 361 g/mol. The van der Waals surface area contributed by atoms with Crippen LogP contribution in [-0.4, -0.2) is 46.5 Å². The number of halogens is 1. The summed E-state index contributed by atoms with van der Waals surface area (Å²) in [6.07, 6.45) is 4.06. The van der Waals surface area contributed by atoms with Gasteiger partial charge in [0.1, 0.15) is 6.17 Å². The fourth-order valence-electron chi connectivity index (χ4n) is 3.90. The van der Waals surface area contributed by atoms with Gasteiger partial charge in [0.2, 0.25) is 0 Å². The van der Waals surface area contributed by atoms with E-state index in [0.29, 0.717) is 25.9 Å². The average Bonchev–Trinajstić information content (AvgIpc) is 3.12. The smallest absolute Gasteiger partial charge is 0.254 e. The lowest BCUT2D eigenvalue weighted by molar-refractivity contribution is 0.0665. The highest BCUT2D eigenvalue weighted by Gasteiger charge is 2.28. The lowest BCUT2D eigenvalue weighted by Crippen LogP contribution is -2.39. The maximum absolute atomic E-state index is 13.4. The molecule has 4 heterocycles. The number of pyridine rings is 1. The quantitative estimate of drug-likeness (QED) is 0.800. The number of alkyl halides is 1. The molecule has 2 aliphatic rings. The first kappa shape index (κ1) is 18.6. The maximum Gasteiger partial charge on any atom is 0.254 e. The summed E-state index contributed by atoms with van der Waals surface area (Å²) in [5.41, 5.74) is 4.41. The van der Waals surface area contributed by atoms with Crippen LogP contribution in [0.4, 0.5) is 4.39 Å². The van der Waals surface area contributed by atoms with E-state index in [1.165, 1.54) is 16.0 Å². The summed E-state index contributed by atoms with van der Waals surface area (Å²) in [7, 11) is 0. The largest absolute Gasteiger partial charge is 0.338 e. The molecule has 1 saturated heterocycles. The maximum atomic E-state index is 13.4. The zero-order valence-corrected chi connectivity index (χ0v) is 16.6. The van der Waals surface area contributed by atoms with Crippen molar-refractivity contribution in [3.63, 3.8) is 0 Å². The number of hydrogen-bond acceptors (Lipinski definition) is 4. The first-order valence-electron chi connectivity index (χ1n) is 9.82. The number of carbonyl (C=O) groups is 1. The minimum absolute atomic E-state index is 0.0877. The van der Waals surface area contributed by atoms with Crippen LogP contribution in [0.3, 0.4) is 0 Å². The summed E-state index contributed by atoms with van der Waals surface area (Å²) in [4.78, 5) is 22.9. The third kappa shape index (κ3) is 4.06. The molecule has 1 fully saturated rings. The molecule has 0 N–H and O–H groups in total. The molecule has 0 spiro atoms. The highest BCUT2D eigenvalue weighted by atomic mass is 32.1. The predicted octanol–water partition coefficient (Wildman–Crippen LogP) is 3.84. The van der Waals surface area contributed by atoms with Crippen molar-refractivity contribution >= 4 is 17.2 Å². The molecule has 0 aliphatic carbocycles. The Kier molecular flexibility index (Phi) is 5.55. The summed E-state index contributed by atoms with van der Waals surface area (Å²) in [5.74, 6) is 0.0877. The van der Waals surface area contributed by atoms with E-state index in [4.69, 9.17) is 0 Å². The minimum atomic E-state index is -0.751. The van der Waals surface area contributed by atoms with Crippen LogP contribution in [0.2, 0.25) is 0 Å². The van der Waals surface area contributed by atoms with Gasteiger partial charge in [-0.15, -0.1) is 11.3 Å². The number of thiophene rings is 1. The summed E-state index contributed by atoms with van der Waals surface area (Å²) >= 11 is 1.68. The van der Waals surface area contributed by atoms with Gasteiger partial charge in [0, 0.05) is 49.2 Å². The molecule has 6 heteroatoms. The monoisotopic (exact) mass is 387 g/mol. The van der Waals surface area contributed by atoms with Crippen LogP contribution in [0.25, 0.3) is 0 Å². The van der Waals surface area contributed by atoms with Crippen molar-refractivity contribution in [2.45, 2.75) is 51.9 Å². The number of carbonyl (C=O) groups excluding carboxylic acids is 1. The van der Waals surface area contributed by atoms with Crippen LogP contribution in [0.15, 0.2) is 23.7 Å². The van der Waals surface area contributed by atoms with Gasteiger partial charge in [0.15, 0.2) is 0 Å². The molecule has 0 aromatic carbocycles. The second-order valence-corrected chi connectivity index (χ2v) is 8.45. The number of rotatable bonds is 4. The zero-order valence-electron chi connectivity index (χ0n) is 15.8. The second kappa shape index (κ2) is 8.07. The van der Waals surface area contributed by atoms with Gasteiger partial charge in [-0.3, -0.25) is 14.7 Å². The van der Waals surface area contributed by atoms with Crippen LogP contribution in [0, 0.1) is 0 Å². The van der Waals surface area contributed by atoms with Crippen LogP contribution in [-0.2, 0) is 25.9 Å². The fraction of sp³-hybridized carbons (Fsp3) is 0.524. The molecule has 2 aromatic rings. The van der Waals surface area contributed by atoms with Crippen molar-refractivity contribution in [1.29, 1.82) is 0 Å². The molecule has 2 aliphatic heterocycles. The highest BCUT2D eigenvalue weighted by Crippen LogP contribution is 2.31. The molecule has 1 amide bonds. The molecule has 0 unspecified atom stereocenters. The van der Waals surface area contributed by atoms with Crippen molar-refractivity contribution in [2.75, 3.05) is 19.6 Å². The number of fused-ring (bicyclic) bond motifs is 1. The van der Waals surface area contributed by atoms with E-state index in [1.54, 1.807) is 11.3 Å². The van der Waals surface area contributed by atoms with Gasteiger partial charge < -0.3 is 4.90 Å². The number of piperidine rings is 1. The van der Waals surface area contributed by atoms with Crippen molar-refractivity contribution in [1.82, 2.24) is 14.8 Å². The van der Waals surface area contributed by atoms with Gasteiger partial charge in [-0.1, -0.05) is 13.0 Å². The summed E-state index contributed by atoms with van der Waals surface area (Å²) < 4.78 is 13.4. The van der Waals surface area contributed by atoms with Gasteiger partial charge in [-0.05, 0) is 42.9 Å². The Morgan fingerprint density at radius 3 is 2.81 bits per heavy atom. The lowest BCUT2D eigenvalue weighted by atomic mass is 10.0. The van der Waals surface area contributed by atoms with E-state index in [-0.39, 0.29) is 5.91 Å². The SMILES string of the molecule is CCc1ccc(CN2CCc3c(C(=O)N4CCC(F)CC4)csc3C2)nc1. The van der Waals surface area contributed by atoms with Crippen molar-refractivity contribution < 1.29 is 9.18 Å². The number of amides is 1. The Balaban J connectivity index is 1.41. The van der Waals surface area contributed by atoms with E-state index < -0.39 is 6.17 Å². The van der Waals surface area contributed by atoms with Crippen LogP contribution < -0.4 is 0 Å². The van der Waals surface area contributed by atoms with Gasteiger partial charge >= 0.3 is 0 Å². The normalized spacial score (nSPS) is 18.5. The predicted molar refractivity (Wildman–Crippen MR) is 106 cm³/mol. The van der Waals surface area contributed by atoms with Gasteiger partial charge in [-0.2, -0.15) is 0 Å². The summed E-state index contributed by atoms with van der Waals surface area (Å²) in [6, 6.07) is 4.27. The Hall–Kier alpha value is -1.79. The van der Waals surface area contributed by atoms with E-state index in [0.717, 1.165) is 43.7 Å². The number of aromatic nitrogens is 1. The third-order valence-electron chi connectivity index (χ3n) is 5.65. The van der Waals surface area contributed by atoms with Gasteiger partial charge in [-0.25, -0.2) is 4.39 Å². The molecule has 4 rings (SSSR count). The first-order valence-corrected chi connectivity index (χ1v) is 10.7. The molecule has 2 aromatic heterocycles. The zero-order chi connectivity index (χ0) is 18.8. The number of likely N-dealkylation sites (tertiary alicyclic amines) is 1. The van der Waals surface area contributed by atoms with Crippen LogP contribution in [0.1, 0.15) is 51.8 Å². The molecule has 4 nitrogen and oxygen atoms in total. The Morgan fingerprint density at radius 1 is 1.30 bits per heavy atom. The summed E-state index contributed by atoms with van der Waals surface area (Å²) in [6.45, 7) is 5.87. The Morgan fingerprint density at radius 2 is 2.11 bits per heavy atom. The van der Waals surface area contributed by atoms with Crippen molar-refractivity contribution in [2.24, 2.45) is 0 Å². The lowest BCUT2D eigenvalue weighted by Gasteiger charge is -2.30. The number of nitrogens with zero attached hydrogens (tertiary/aromatic N) is 3. The molecule has 0 atom stereocenters. The molecule has 144 valence electrons. The van der Waals surface area contributed by atoms with Crippen LogP contribution >= 0.6 is 11.3 Å². The summed E-state index contributed by atoms with van der Waals surface area (Å²) in [5, 5.41) is 2.01. The van der Waals surface area contributed by atoms with Gasteiger partial charge in [0.05, 0.1) is 11.3 Å². The average molecular weight is 388 g/mol. The standard InChI is InChI=1S/C21H26FN3OS/c1-2-15-3-4-17(23-11-15)12-24-8-7-18-19(14-27-20(18)13-24)21(26)25-9-5-16(22)6-10-25/h3-4,11,14,16H,2,5-10,12-13H2,1H3. The van der Waals surface area contributed by atoms with Crippen LogP contribution in [0.5, 0.6) is 0 Å². The molecule has 0 bridgehead atoms. The van der Waals surface area contributed by atoms with E-state index in [2.05, 4.69) is 28.9 Å². The first-order chi connectivity index (χ1) is 13.1. The second-order valence-electron chi connectivity index (χ2n) is 7.49. The van der Waals surface area contributed by atoms with Crippen molar-refractivity contribution in [3.05, 3.63) is 51.0 Å². The molecule has 0 saturated carbocycles. The molecule has 0 radical (unpaired) electrons.